The quantitative estimate of drug-likeness (QED) is 0.495. The van der Waals surface area contributed by atoms with Gasteiger partial charge in [0.1, 0.15) is 17.3 Å². The van der Waals surface area contributed by atoms with Gasteiger partial charge in [0.25, 0.3) is 5.56 Å². The molecule has 0 saturated carbocycles. The lowest BCUT2D eigenvalue weighted by atomic mass is 10.1. The number of ether oxygens (including phenoxy) is 1. The van der Waals surface area contributed by atoms with Crippen molar-refractivity contribution >= 4 is 27.4 Å². The highest BCUT2D eigenvalue weighted by atomic mass is 32.1. The number of hydrogen-bond acceptors (Lipinski definition) is 6. The molecular weight excluding hydrogens is 384 g/mol. The van der Waals surface area contributed by atoms with Crippen LogP contribution in [0.25, 0.3) is 21.3 Å². The Morgan fingerprint density at radius 3 is 2.69 bits per heavy atom. The summed E-state index contributed by atoms with van der Waals surface area (Å²) in [5.74, 6) is 1.32. The Morgan fingerprint density at radius 1 is 1.17 bits per heavy atom. The molecule has 0 aliphatic rings. The van der Waals surface area contributed by atoms with Crippen molar-refractivity contribution in [1.29, 1.82) is 0 Å². The monoisotopic (exact) mass is 406 g/mol. The maximum Gasteiger partial charge on any atom is 0.253 e. The lowest BCUT2D eigenvalue weighted by Gasteiger charge is -2.12. The molecule has 2 N–H and O–H groups in total. The van der Waals surface area contributed by atoms with E-state index in [9.17, 15) is 4.79 Å². The minimum atomic E-state index is -0.0778. The molecule has 0 aliphatic heterocycles. The van der Waals surface area contributed by atoms with Crippen molar-refractivity contribution in [3.63, 3.8) is 0 Å². The first-order valence-corrected chi connectivity index (χ1v) is 10.2. The minimum Gasteiger partial charge on any atom is -0.377 e. The number of aryl methyl sites for hydroxylation is 2. The molecule has 1 aromatic carbocycles. The van der Waals surface area contributed by atoms with E-state index in [1.54, 1.807) is 18.4 Å². The number of anilines is 1. The van der Waals surface area contributed by atoms with Gasteiger partial charge in [0, 0.05) is 35.9 Å². The standard InChI is InChI=1S/C22H22N4O2S/c1-13-9-14(2)24-21(27)16(13)10-23-20-19-17(15-7-5-4-6-8-15)12-29-22(19)26-18(25-20)11-28-3/h4-9,12H,10-11H2,1-3H3,(H,24,27)(H,23,25,26). The molecule has 0 aliphatic carbocycles. The van der Waals surface area contributed by atoms with Crippen LogP contribution in [0.5, 0.6) is 0 Å². The van der Waals surface area contributed by atoms with Crippen molar-refractivity contribution in [3.05, 3.63) is 74.8 Å². The van der Waals surface area contributed by atoms with E-state index < -0.39 is 0 Å². The number of rotatable bonds is 6. The third-order valence-corrected chi connectivity index (χ3v) is 5.64. The average molecular weight is 407 g/mol. The number of aromatic nitrogens is 3. The van der Waals surface area contributed by atoms with E-state index in [-0.39, 0.29) is 5.56 Å². The molecule has 0 radical (unpaired) electrons. The SMILES string of the molecule is COCc1nc(NCc2c(C)cc(C)[nH]c2=O)c2c(-c3ccccc3)csc2n1. The van der Waals surface area contributed by atoms with Crippen LogP contribution >= 0.6 is 11.3 Å². The number of fused-ring (bicyclic) bond motifs is 1. The lowest BCUT2D eigenvalue weighted by Crippen LogP contribution is -2.19. The van der Waals surface area contributed by atoms with Crippen molar-refractivity contribution < 1.29 is 4.74 Å². The summed E-state index contributed by atoms with van der Waals surface area (Å²) in [7, 11) is 1.62. The van der Waals surface area contributed by atoms with Crippen LogP contribution in [0.1, 0.15) is 22.6 Å². The van der Waals surface area contributed by atoms with Gasteiger partial charge in [-0.05, 0) is 31.0 Å². The normalized spacial score (nSPS) is 11.1. The molecule has 29 heavy (non-hydrogen) atoms. The number of aromatic amines is 1. The second-order valence-electron chi connectivity index (χ2n) is 6.91. The molecule has 0 saturated heterocycles. The van der Waals surface area contributed by atoms with Crippen molar-refractivity contribution in [1.82, 2.24) is 15.0 Å². The molecule has 3 heterocycles. The fraction of sp³-hybridized carbons (Fsp3) is 0.227. The van der Waals surface area contributed by atoms with Crippen LogP contribution in [0.3, 0.4) is 0 Å². The lowest BCUT2D eigenvalue weighted by molar-refractivity contribution is 0.178. The van der Waals surface area contributed by atoms with Crippen LogP contribution in [0.4, 0.5) is 5.82 Å². The largest absolute Gasteiger partial charge is 0.377 e. The van der Waals surface area contributed by atoms with Crippen molar-refractivity contribution in [2.45, 2.75) is 27.0 Å². The molecule has 4 aromatic rings. The first kappa shape index (κ1) is 19.3. The number of pyridine rings is 1. The molecule has 0 atom stereocenters. The molecule has 6 nitrogen and oxygen atoms in total. The van der Waals surface area contributed by atoms with Crippen molar-refractivity contribution in [2.24, 2.45) is 0 Å². The topological polar surface area (TPSA) is 79.9 Å². The Bertz CT molecular complexity index is 1210. The van der Waals surface area contributed by atoms with E-state index in [0.29, 0.717) is 30.4 Å². The predicted molar refractivity (Wildman–Crippen MR) is 117 cm³/mol. The molecule has 0 amide bonds. The van der Waals surface area contributed by atoms with Gasteiger partial charge in [-0.3, -0.25) is 4.79 Å². The average Bonchev–Trinajstić information content (AvgIpc) is 3.12. The maximum absolute atomic E-state index is 12.4. The Balaban J connectivity index is 1.79. The van der Waals surface area contributed by atoms with Crippen LogP contribution in [-0.4, -0.2) is 22.1 Å². The van der Waals surface area contributed by atoms with E-state index in [4.69, 9.17) is 4.74 Å². The summed E-state index contributed by atoms with van der Waals surface area (Å²) in [5.41, 5.74) is 4.61. The summed E-state index contributed by atoms with van der Waals surface area (Å²) in [6.07, 6.45) is 0. The van der Waals surface area contributed by atoms with Gasteiger partial charge in [0.05, 0.1) is 5.39 Å². The van der Waals surface area contributed by atoms with Gasteiger partial charge in [-0.1, -0.05) is 30.3 Å². The molecule has 148 valence electrons. The van der Waals surface area contributed by atoms with Crippen molar-refractivity contribution in [2.75, 3.05) is 12.4 Å². The summed E-state index contributed by atoms with van der Waals surface area (Å²) >= 11 is 1.58. The maximum atomic E-state index is 12.4. The summed E-state index contributed by atoms with van der Waals surface area (Å²) in [4.78, 5) is 25.5. The Hall–Kier alpha value is -3.03. The predicted octanol–water partition coefficient (Wildman–Crippen LogP) is 4.42. The molecule has 0 unspecified atom stereocenters. The van der Waals surface area contributed by atoms with E-state index in [1.807, 2.05) is 38.1 Å². The fourth-order valence-electron chi connectivity index (χ4n) is 3.41. The van der Waals surface area contributed by atoms with Gasteiger partial charge >= 0.3 is 0 Å². The van der Waals surface area contributed by atoms with Crippen LogP contribution in [0.2, 0.25) is 0 Å². The van der Waals surface area contributed by atoms with Gasteiger partial charge in [-0.25, -0.2) is 9.97 Å². The Kier molecular flexibility index (Phi) is 5.42. The van der Waals surface area contributed by atoms with Crippen LogP contribution < -0.4 is 10.9 Å². The molecule has 0 spiro atoms. The smallest absolute Gasteiger partial charge is 0.253 e. The second-order valence-corrected chi connectivity index (χ2v) is 7.77. The summed E-state index contributed by atoms with van der Waals surface area (Å²) < 4.78 is 5.23. The molecular formula is C22H22N4O2S. The third-order valence-electron chi connectivity index (χ3n) is 4.76. The number of methoxy groups -OCH3 is 1. The molecule has 7 heteroatoms. The van der Waals surface area contributed by atoms with Gasteiger partial charge in [0.2, 0.25) is 0 Å². The van der Waals surface area contributed by atoms with E-state index in [0.717, 1.165) is 32.6 Å². The zero-order valence-electron chi connectivity index (χ0n) is 16.6. The number of hydrogen-bond donors (Lipinski definition) is 2. The van der Waals surface area contributed by atoms with Crippen LogP contribution in [0.15, 0.2) is 46.6 Å². The van der Waals surface area contributed by atoms with Gasteiger partial charge in [-0.15, -0.1) is 11.3 Å². The van der Waals surface area contributed by atoms with E-state index in [1.165, 1.54) is 0 Å². The van der Waals surface area contributed by atoms with Crippen LogP contribution in [-0.2, 0) is 17.9 Å². The van der Waals surface area contributed by atoms with Crippen LogP contribution in [0, 0.1) is 13.8 Å². The summed E-state index contributed by atoms with van der Waals surface area (Å²) in [6, 6.07) is 12.1. The van der Waals surface area contributed by atoms with Crippen molar-refractivity contribution in [3.8, 4) is 11.1 Å². The third kappa shape index (κ3) is 3.92. The Labute approximate surface area is 172 Å². The number of nitrogens with one attached hydrogen (secondary N) is 2. The van der Waals surface area contributed by atoms with Gasteiger partial charge in [-0.2, -0.15) is 0 Å². The van der Waals surface area contributed by atoms with Gasteiger partial charge < -0.3 is 15.0 Å². The summed E-state index contributed by atoms with van der Waals surface area (Å²) in [6.45, 7) is 4.54. The first-order valence-electron chi connectivity index (χ1n) is 9.32. The Morgan fingerprint density at radius 2 is 1.97 bits per heavy atom. The second kappa shape index (κ2) is 8.14. The van der Waals surface area contributed by atoms with E-state index >= 15 is 0 Å². The zero-order chi connectivity index (χ0) is 20.4. The molecule has 3 aromatic heterocycles. The molecule has 0 fully saturated rings. The number of nitrogens with zero attached hydrogens (tertiary/aromatic N) is 2. The van der Waals surface area contributed by atoms with E-state index in [2.05, 4.69) is 37.8 Å². The van der Waals surface area contributed by atoms with Gasteiger partial charge in [0.15, 0.2) is 5.82 Å². The minimum absolute atomic E-state index is 0.0778. The number of H-pyrrole nitrogens is 1. The molecule has 0 bridgehead atoms. The fourth-order valence-corrected chi connectivity index (χ4v) is 4.38. The number of thiophene rings is 1. The summed E-state index contributed by atoms with van der Waals surface area (Å²) in [5, 5.41) is 6.44. The highest BCUT2D eigenvalue weighted by molar-refractivity contribution is 7.17. The highest BCUT2D eigenvalue weighted by Crippen LogP contribution is 2.37. The highest BCUT2D eigenvalue weighted by Gasteiger charge is 2.16. The molecule has 4 rings (SSSR count). The first-order chi connectivity index (χ1) is 14.1. The number of benzene rings is 1. The zero-order valence-corrected chi connectivity index (χ0v) is 17.4.